The van der Waals surface area contributed by atoms with E-state index in [0.29, 0.717) is 21.0 Å². The fourth-order valence-corrected chi connectivity index (χ4v) is 6.24. The SMILES string of the molecule is CNC(=O)[C@@H](Cc1ccccc1)N(Cc1ccc(Cl)cc1)C(=O)CN(c1cccc(C(F)(F)F)c1)S(=O)(=O)c1ccc(C)cc1. The second kappa shape index (κ2) is 14.2. The van der Waals surface area contributed by atoms with Gasteiger partial charge in [0.2, 0.25) is 11.8 Å². The Labute approximate surface area is 265 Å². The van der Waals surface area contributed by atoms with Crippen LogP contribution < -0.4 is 9.62 Å². The number of hydrogen-bond acceptors (Lipinski definition) is 4. The fourth-order valence-electron chi connectivity index (χ4n) is 4.71. The number of alkyl halides is 3. The molecular weight excluding hydrogens is 627 g/mol. The van der Waals surface area contributed by atoms with Crippen molar-refractivity contribution in [1.82, 2.24) is 10.2 Å². The number of carbonyl (C=O) groups excluding carboxylic acids is 2. The molecule has 0 aliphatic heterocycles. The van der Waals surface area contributed by atoms with E-state index < -0.39 is 46.2 Å². The van der Waals surface area contributed by atoms with Crippen LogP contribution in [-0.2, 0) is 38.8 Å². The highest BCUT2D eigenvalue weighted by atomic mass is 35.5. The van der Waals surface area contributed by atoms with Crippen molar-refractivity contribution in [3.8, 4) is 0 Å². The molecule has 0 aromatic heterocycles. The summed E-state index contributed by atoms with van der Waals surface area (Å²) >= 11 is 6.06. The van der Waals surface area contributed by atoms with Crippen LogP contribution in [0.2, 0.25) is 5.02 Å². The summed E-state index contributed by atoms with van der Waals surface area (Å²) in [5, 5.41) is 3.02. The van der Waals surface area contributed by atoms with Gasteiger partial charge in [-0.15, -0.1) is 0 Å². The smallest absolute Gasteiger partial charge is 0.357 e. The molecule has 1 N–H and O–H groups in total. The number of rotatable bonds is 11. The molecule has 0 bridgehead atoms. The Bertz CT molecular complexity index is 1730. The molecule has 0 saturated carbocycles. The summed E-state index contributed by atoms with van der Waals surface area (Å²) in [6.07, 6.45) is -4.67. The van der Waals surface area contributed by atoms with E-state index in [-0.39, 0.29) is 23.5 Å². The van der Waals surface area contributed by atoms with Gasteiger partial charge in [0.1, 0.15) is 12.6 Å². The minimum absolute atomic E-state index is 0.0914. The molecule has 0 radical (unpaired) electrons. The maximum atomic E-state index is 14.3. The molecule has 4 aromatic carbocycles. The quantitative estimate of drug-likeness (QED) is 0.207. The number of likely N-dealkylation sites (N-methyl/N-ethyl adjacent to an activating group) is 1. The Morgan fingerprint density at radius 1 is 0.867 bits per heavy atom. The van der Waals surface area contributed by atoms with Crippen molar-refractivity contribution in [2.45, 2.75) is 37.0 Å². The lowest BCUT2D eigenvalue weighted by Gasteiger charge is -2.33. The third-order valence-corrected chi connectivity index (χ3v) is 9.17. The zero-order chi connectivity index (χ0) is 32.8. The van der Waals surface area contributed by atoms with E-state index in [1.54, 1.807) is 73.7 Å². The van der Waals surface area contributed by atoms with E-state index in [1.807, 2.05) is 0 Å². The van der Waals surface area contributed by atoms with Crippen molar-refractivity contribution in [1.29, 1.82) is 0 Å². The number of hydrogen-bond donors (Lipinski definition) is 1. The summed E-state index contributed by atoms with van der Waals surface area (Å²) in [5.41, 5.74) is 0.662. The van der Waals surface area contributed by atoms with Crippen LogP contribution in [0.1, 0.15) is 22.3 Å². The van der Waals surface area contributed by atoms with Gasteiger partial charge in [-0.3, -0.25) is 13.9 Å². The minimum Gasteiger partial charge on any atom is -0.357 e. The predicted octanol–water partition coefficient (Wildman–Crippen LogP) is 6.25. The van der Waals surface area contributed by atoms with E-state index >= 15 is 0 Å². The van der Waals surface area contributed by atoms with Crippen LogP contribution in [0.3, 0.4) is 0 Å². The van der Waals surface area contributed by atoms with Crippen molar-refractivity contribution in [2.24, 2.45) is 0 Å². The third kappa shape index (κ3) is 8.43. The highest BCUT2D eigenvalue weighted by molar-refractivity contribution is 7.92. The molecule has 1 atom stereocenters. The van der Waals surface area contributed by atoms with Gasteiger partial charge in [0, 0.05) is 25.0 Å². The fraction of sp³-hybridized carbons (Fsp3) is 0.212. The number of benzene rings is 4. The van der Waals surface area contributed by atoms with E-state index in [2.05, 4.69) is 5.32 Å². The molecule has 0 heterocycles. The number of anilines is 1. The molecule has 7 nitrogen and oxygen atoms in total. The van der Waals surface area contributed by atoms with Crippen molar-refractivity contribution in [3.63, 3.8) is 0 Å². The summed E-state index contributed by atoms with van der Waals surface area (Å²) in [5.74, 6) is -1.31. The third-order valence-electron chi connectivity index (χ3n) is 7.13. The van der Waals surface area contributed by atoms with Crippen LogP contribution in [0.5, 0.6) is 0 Å². The molecule has 12 heteroatoms. The van der Waals surface area contributed by atoms with E-state index in [9.17, 15) is 31.2 Å². The molecule has 0 aliphatic carbocycles. The van der Waals surface area contributed by atoms with Gasteiger partial charge in [-0.2, -0.15) is 13.2 Å². The minimum atomic E-state index is -4.76. The van der Waals surface area contributed by atoms with Gasteiger partial charge in [0.05, 0.1) is 16.1 Å². The van der Waals surface area contributed by atoms with Gasteiger partial charge in [0.15, 0.2) is 0 Å². The van der Waals surface area contributed by atoms with Gasteiger partial charge in [0.25, 0.3) is 10.0 Å². The van der Waals surface area contributed by atoms with E-state index in [0.717, 1.165) is 23.3 Å². The second-order valence-electron chi connectivity index (χ2n) is 10.3. The lowest BCUT2D eigenvalue weighted by molar-refractivity contribution is -0.139. The van der Waals surface area contributed by atoms with Crippen LogP contribution in [0, 0.1) is 6.92 Å². The maximum Gasteiger partial charge on any atom is 0.416 e. The standard InChI is InChI=1S/C33H31ClF3N3O4S/c1-23-11-17-29(18-12-23)45(43,44)40(28-10-6-9-26(20-28)33(35,36)37)22-31(41)39(21-25-13-15-27(34)16-14-25)30(32(42)38-2)19-24-7-4-3-5-8-24/h3-18,20,30H,19,21-22H2,1-2H3,(H,38,42)/t30-/m1/s1. The van der Waals surface area contributed by atoms with Crippen LogP contribution in [0.25, 0.3) is 0 Å². The van der Waals surface area contributed by atoms with Gasteiger partial charge >= 0.3 is 6.18 Å². The van der Waals surface area contributed by atoms with Crippen LogP contribution in [0.15, 0.2) is 108 Å². The molecule has 0 saturated heterocycles. The Morgan fingerprint density at radius 3 is 2.11 bits per heavy atom. The Kier molecular flexibility index (Phi) is 10.6. The maximum absolute atomic E-state index is 14.3. The first-order valence-corrected chi connectivity index (χ1v) is 15.7. The normalized spacial score (nSPS) is 12.3. The first-order valence-electron chi connectivity index (χ1n) is 13.9. The van der Waals surface area contributed by atoms with Crippen molar-refractivity contribution in [2.75, 3.05) is 17.9 Å². The molecule has 0 fully saturated rings. The average molecular weight is 658 g/mol. The molecule has 45 heavy (non-hydrogen) atoms. The lowest BCUT2D eigenvalue weighted by atomic mass is 10.0. The summed E-state index contributed by atoms with van der Waals surface area (Å²) in [4.78, 5) is 28.6. The first-order chi connectivity index (χ1) is 21.3. The topological polar surface area (TPSA) is 86.8 Å². The average Bonchev–Trinajstić information content (AvgIpc) is 3.02. The van der Waals surface area contributed by atoms with Gasteiger partial charge in [-0.1, -0.05) is 77.8 Å². The lowest BCUT2D eigenvalue weighted by Crippen LogP contribution is -2.53. The van der Waals surface area contributed by atoms with Crippen molar-refractivity contribution < 1.29 is 31.2 Å². The number of sulfonamides is 1. The Morgan fingerprint density at radius 2 is 1.51 bits per heavy atom. The molecule has 4 rings (SSSR count). The zero-order valence-electron chi connectivity index (χ0n) is 24.5. The Hall–Kier alpha value is -4.35. The molecule has 4 aromatic rings. The van der Waals surface area contributed by atoms with Gasteiger partial charge in [-0.05, 0) is 60.5 Å². The monoisotopic (exact) mass is 657 g/mol. The van der Waals surface area contributed by atoms with Crippen LogP contribution in [-0.4, -0.2) is 44.8 Å². The number of halogens is 4. The largest absolute Gasteiger partial charge is 0.416 e. The number of amides is 2. The van der Waals surface area contributed by atoms with Crippen molar-refractivity contribution in [3.05, 3.63) is 130 Å². The molecule has 236 valence electrons. The molecule has 0 unspecified atom stereocenters. The number of carbonyl (C=O) groups is 2. The van der Waals surface area contributed by atoms with Gasteiger partial charge < -0.3 is 10.2 Å². The highest BCUT2D eigenvalue weighted by Gasteiger charge is 2.36. The van der Waals surface area contributed by atoms with Gasteiger partial charge in [-0.25, -0.2) is 8.42 Å². The second-order valence-corrected chi connectivity index (χ2v) is 12.6. The summed E-state index contributed by atoms with van der Waals surface area (Å²) in [6.45, 7) is 0.764. The molecule has 2 amide bonds. The molecular formula is C33H31ClF3N3O4S. The number of aryl methyl sites for hydroxylation is 1. The Balaban J connectivity index is 1.82. The summed E-state index contributed by atoms with van der Waals surface area (Å²) in [6, 6.07) is 23.9. The molecule has 0 spiro atoms. The number of nitrogens with zero attached hydrogens (tertiary/aromatic N) is 2. The van der Waals surface area contributed by atoms with E-state index in [4.69, 9.17) is 11.6 Å². The van der Waals surface area contributed by atoms with Crippen LogP contribution in [0.4, 0.5) is 18.9 Å². The first kappa shape index (κ1) is 33.5. The van der Waals surface area contributed by atoms with Crippen LogP contribution >= 0.6 is 11.6 Å². The highest BCUT2D eigenvalue weighted by Crippen LogP contribution is 2.33. The summed E-state index contributed by atoms with van der Waals surface area (Å²) < 4.78 is 69.7. The zero-order valence-corrected chi connectivity index (χ0v) is 26.0. The molecule has 0 aliphatic rings. The number of nitrogens with one attached hydrogen (secondary N) is 1. The van der Waals surface area contributed by atoms with E-state index in [1.165, 1.54) is 30.1 Å². The summed E-state index contributed by atoms with van der Waals surface area (Å²) in [7, 11) is -3.13. The van der Waals surface area contributed by atoms with Crippen molar-refractivity contribution >= 4 is 39.1 Å². The predicted molar refractivity (Wildman–Crippen MR) is 167 cm³/mol.